The molecule has 0 radical (unpaired) electrons. The second-order valence-corrected chi connectivity index (χ2v) is 9.26. The van der Waals surface area contributed by atoms with Crippen molar-refractivity contribution in [2.45, 2.75) is 17.9 Å². The molecule has 156 valence electrons. The molecule has 3 aromatic rings. The first kappa shape index (κ1) is 20.3. The molecule has 0 spiro atoms. The third-order valence-corrected chi connectivity index (χ3v) is 7.11. The molecule has 0 amide bonds. The summed E-state index contributed by atoms with van der Waals surface area (Å²) in [5.74, 6) is 0.125. The fourth-order valence-corrected chi connectivity index (χ4v) is 4.78. The molecule has 8 heteroatoms. The molecule has 0 bridgehead atoms. The molecule has 6 nitrogen and oxygen atoms in total. The van der Waals surface area contributed by atoms with Crippen LogP contribution in [0.2, 0.25) is 0 Å². The van der Waals surface area contributed by atoms with Gasteiger partial charge < -0.3 is 9.30 Å². The normalized spacial score (nSPS) is 15.0. The van der Waals surface area contributed by atoms with Crippen molar-refractivity contribution in [1.82, 2.24) is 8.87 Å². The van der Waals surface area contributed by atoms with E-state index in [2.05, 4.69) is 0 Å². The molecule has 0 unspecified atom stereocenters. The maximum absolute atomic E-state index is 13.1. The zero-order valence-electron chi connectivity index (χ0n) is 16.6. The third-order valence-electron chi connectivity index (χ3n) is 5.26. The smallest absolute Gasteiger partial charge is 0.254 e. The van der Waals surface area contributed by atoms with Gasteiger partial charge in [0.25, 0.3) is 5.56 Å². The van der Waals surface area contributed by atoms with Gasteiger partial charge in [0.15, 0.2) is 0 Å². The first-order valence-electron chi connectivity index (χ1n) is 9.44. The molecule has 1 fully saturated rings. The summed E-state index contributed by atoms with van der Waals surface area (Å²) in [4.78, 5) is 12.1. The van der Waals surface area contributed by atoms with Gasteiger partial charge in [-0.15, -0.1) is 0 Å². The fraction of sp³-hybridized carbons (Fsp3) is 0.227. The van der Waals surface area contributed by atoms with Crippen molar-refractivity contribution in [3.05, 3.63) is 82.5 Å². The predicted octanol–water partition coefficient (Wildman–Crippen LogP) is 2.95. The quantitative estimate of drug-likeness (QED) is 0.627. The molecule has 0 N–H and O–H groups in total. The second-order valence-electron chi connectivity index (χ2n) is 7.32. The van der Waals surface area contributed by atoms with Crippen LogP contribution in [0.15, 0.2) is 70.4 Å². The van der Waals surface area contributed by atoms with Gasteiger partial charge in [-0.1, -0.05) is 24.3 Å². The zero-order valence-corrected chi connectivity index (χ0v) is 17.4. The van der Waals surface area contributed by atoms with E-state index < -0.39 is 10.0 Å². The Labute approximate surface area is 174 Å². The van der Waals surface area contributed by atoms with Crippen molar-refractivity contribution in [3.8, 4) is 16.9 Å². The van der Waals surface area contributed by atoms with E-state index in [0.29, 0.717) is 5.75 Å². The number of hydrogen-bond acceptors (Lipinski definition) is 4. The standard InChI is InChI=1S/C22H21FN2O4S/c1-15-11-19(12-22(26)24(15)2)29-20-13-25(14-20)30(27,28)21-9-5-17(6-10-21)16-3-7-18(23)8-4-16/h3-12,20H,13-14H2,1-2H3. The SMILES string of the molecule is Cc1cc(OC2CN(S(=O)(=O)c3ccc(-c4ccc(F)cc4)cc3)C2)cc(=O)n1C. The van der Waals surface area contributed by atoms with Gasteiger partial charge in [-0.3, -0.25) is 4.79 Å². The van der Waals surface area contributed by atoms with Crippen LogP contribution in [0.1, 0.15) is 5.69 Å². The van der Waals surface area contributed by atoms with E-state index in [4.69, 9.17) is 4.74 Å². The lowest BCUT2D eigenvalue weighted by molar-refractivity contribution is 0.0759. The number of sulfonamides is 1. The van der Waals surface area contributed by atoms with Crippen LogP contribution in [-0.2, 0) is 17.1 Å². The van der Waals surface area contributed by atoms with Gasteiger partial charge >= 0.3 is 0 Å². The number of aryl methyl sites for hydroxylation is 1. The molecule has 0 atom stereocenters. The Hall–Kier alpha value is -2.97. The van der Waals surface area contributed by atoms with Crippen LogP contribution in [0.25, 0.3) is 11.1 Å². The summed E-state index contributed by atoms with van der Waals surface area (Å²) >= 11 is 0. The van der Waals surface area contributed by atoms with Crippen molar-refractivity contribution in [3.63, 3.8) is 0 Å². The number of pyridine rings is 1. The average molecular weight is 428 g/mol. The highest BCUT2D eigenvalue weighted by atomic mass is 32.2. The minimum absolute atomic E-state index is 0.171. The highest BCUT2D eigenvalue weighted by molar-refractivity contribution is 7.89. The number of nitrogens with zero attached hydrogens (tertiary/aromatic N) is 2. The number of benzene rings is 2. The van der Waals surface area contributed by atoms with Crippen LogP contribution in [-0.4, -0.2) is 36.5 Å². The molecule has 0 aliphatic carbocycles. The summed E-state index contributed by atoms with van der Waals surface area (Å²) in [6, 6.07) is 15.7. The molecule has 4 rings (SSSR count). The van der Waals surface area contributed by atoms with Crippen molar-refractivity contribution in [2.24, 2.45) is 7.05 Å². The Morgan fingerprint density at radius 1 is 0.967 bits per heavy atom. The lowest BCUT2D eigenvalue weighted by Gasteiger charge is -2.37. The number of aromatic nitrogens is 1. The van der Waals surface area contributed by atoms with Gasteiger partial charge in [0, 0.05) is 18.8 Å². The van der Waals surface area contributed by atoms with Crippen molar-refractivity contribution >= 4 is 10.0 Å². The summed E-state index contributed by atoms with van der Waals surface area (Å²) in [6.07, 6.45) is -0.301. The van der Waals surface area contributed by atoms with Crippen molar-refractivity contribution in [2.75, 3.05) is 13.1 Å². The van der Waals surface area contributed by atoms with Crippen LogP contribution in [0.4, 0.5) is 4.39 Å². The molecular weight excluding hydrogens is 407 g/mol. The second kappa shape index (κ2) is 7.70. The number of hydrogen-bond donors (Lipinski definition) is 0. The monoisotopic (exact) mass is 428 g/mol. The Morgan fingerprint density at radius 2 is 1.53 bits per heavy atom. The summed E-state index contributed by atoms with van der Waals surface area (Å²) in [6.45, 7) is 2.24. The third kappa shape index (κ3) is 3.88. The topological polar surface area (TPSA) is 68.6 Å². The Bertz CT molecular complexity index is 1230. The van der Waals surface area contributed by atoms with Crippen molar-refractivity contribution < 1.29 is 17.5 Å². The Balaban J connectivity index is 1.43. The summed E-state index contributed by atoms with van der Waals surface area (Å²) in [7, 11) is -1.95. The number of halogens is 1. The summed E-state index contributed by atoms with van der Waals surface area (Å²) in [5, 5.41) is 0. The summed E-state index contributed by atoms with van der Waals surface area (Å²) < 4.78 is 47.3. The van der Waals surface area contributed by atoms with Crippen LogP contribution < -0.4 is 10.3 Å². The molecular formula is C22H21FN2O4S. The molecule has 1 saturated heterocycles. The van der Waals surface area contributed by atoms with Crippen LogP contribution in [0.3, 0.4) is 0 Å². The molecule has 1 aromatic heterocycles. The highest BCUT2D eigenvalue weighted by Crippen LogP contribution is 2.27. The van der Waals surface area contributed by atoms with E-state index in [9.17, 15) is 17.6 Å². The Kier molecular flexibility index (Phi) is 5.21. The van der Waals surface area contributed by atoms with Crippen LogP contribution in [0.5, 0.6) is 5.75 Å². The van der Waals surface area contributed by atoms with Gasteiger partial charge in [-0.2, -0.15) is 4.31 Å². The fourth-order valence-electron chi connectivity index (χ4n) is 3.28. The van der Waals surface area contributed by atoms with E-state index >= 15 is 0 Å². The number of ether oxygens (including phenoxy) is 1. The van der Waals surface area contributed by atoms with Crippen LogP contribution in [0, 0.1) is 12.7 Å². The molecule has 2 aromatic carbocycles. The minimum atomic E-state index is -3.63. The molecule has 30 heavy (non-hydrogen) atoms. The average Bonchev–Trinajstić information content (AvgIpc) is 2.69. The highest BCUT2D eigenvalue weighted by Gasteiger charge is 2.38. The van der Waals surface area contributed by atoms with E-state index in [0.717, 1.165) is 16.8 Å². The van der Waals surface area contributed by atoms with Gasteiger partial charge in [-0.25, -0.2) is 12.8 Å². The van der Waals surface area contributed by atoms with Crippen molar-refractivity contribution in [1.29, 1.82) is 0 Å². The molecule has 0 saturated carbocycles. The van der Waals surface area contributed by atoms with E-state index in [1.54, 1.807) is 56.4 Å². The van der Waals surface area contributed by atoms with Gasteiger partial charge in [0.1, 0.15) is 17.7 Å². The van der Waals surface area contributed by atoms with E-state index in [-0.39, 0.29) is 35.5 Å². The maximum atomic E-state index is 13.1. The van der Waals surface area contributed by atoms with Gasteiger partial charge in [0.2, 0.25) is 10.0 Å². The lowest BCUT2D eigenvalue weighted by atomic mass is 10.1. The number of rotatable bonds is 5. The first-order valence-corrected chi connectivity index (χ1v) is 10.9. The van der Waals surface area contributed by atoms with E-state index in [1.807, 2.05) is 0 Å². The first-order chi connectivity index (χ1) is 14.2. The molecule has 1 aliphatic rings. The molecule has 1 aliphatic heterocycles. The zero-order chi connectivity index (χ0) is 21.5. The Morgan fingerprint density at radius 3 is 2.10 bits per heavy atom. The van der Waals surface area contributed by atoms with Gasteiger partial charge in [-0.05, 0) is 48.4 Å². The van der Waals surface area contributed by atoms with Crippen LogP contribution >= 0.6 is 0 Å². The molecule has 2 heterocycles. The lowest BCUT2D eigenvalue weighted by Crippen LogP contribution is -2.56. The van der Waals surface area contributed by atoms with Gasteiger partial charge in [0.05, 0.1) is 18.0 Å². The summed E-state index contributed by atoms with van der Waals surface area (Å²) in [5.41, 5.74) is 2.21. The predicted molar refractivity (Wildman–Crippen MR) is 111 cm³/mol. The largest absolute Gasteiger partial charge is 0.487 e. The maximum Gasteiger partial charge on any atom is 0.254 e. The van der Waals surface area contributed by atoms with E-state index in [1.165, 1.54) is 27.1 Å². The minimum Gasteiger partial charge on any atom is -0.487 e.